The van der Waals surface area contributed by atoms with Gasteiger partial charge >= 0.3 is 11.8 Å². The predicted molar refractivity (Wildman–Crippen MR) is 77.9 cm³/mol. The van der Waals surface area contributed by atoms with Crippen LogP contribution in [0.15, 0.2) is 41.2 Å². The van der Waals surface area contributed by atoms with E-state index in [0.717, 1.165) is 0 Å². The molecule has 1 aliphatic heterocycles. The summed E-state index contributed by atoms with van der Waals surface area (Å²) < 4.78 is 15.2. The first-order valence-electron chi connectivity index (χ1n) is 6.82. The average molecular weight is 318 g/mol. The van der Waals surface area contributed by atoms with Crippen LogP contribution in [0, 0.1) is 0 Å². The highest BCUT2D eigenvalue weighted by atomic mass is 16.7. The summed E-state index contributed by atoms with van der Waals surface area (Å²) in [5, 5.41) is 14.6. The molecular formula is C15H14N2O6. The molecule has 1 aliphatic rings. The van der Waals surface area contributed by atoms with Crippen LogP contribution in [0.4, 0.5) is 5.69 Å². The molecule has 0 bridgehead atoms. The molecule has 0 radical (unpaired) electrons. The van der Waals surface area contributed by atoms with E-state index >= 15 is 0 Å². The standard InChI is InChI=1S/C15H14N2O6/c18-11(9-3-4-21-7-9)6-16-14(19)15(20)17-10-1-2-12-13(5-10)23-8-22-12/h1-5,7,11,18H,6,8H2,(H,16,19)(H,17,20). The van der Waals surface area contributed by atoms with E-state index in [1.54, 1.807) is 24.3 Å². The molecule has 0 saturated carbocycles. The highest BCUT2D eigenvalue weighted by molar-refractivity contribution is 6.39. The molecule has 3 rings (SSSR count). The molecule has 8 nitrogen and oxygen atoms in total. The van der Waals surface area contributed by atoms with E-state index in [-0.39, 0.29) is 13.3 Å². The number of rotatable bonds is 4. The van der Waals surface area contributed by atoms with Gasteiger partial charge in [-0.15, -0.1) is 0 Å². The van der Waals surface area contributed by atoms with Gasteiger partial charge in [-0.1, -0.05) is 0 Å². The Bertz CT molecular complexity index is 713. The number of fused-ring (bicyclic) bond motifs is 1. The van der Waals surface area contributed by atoms with E-state index < -0.39 is 17.9 Å². The van der Waals surface area contributed by atoms with Crippen LogP contribution in [0.1, 0.15) is 11.7 Å². The second-order valence-electron chi connectivity index (χ2n) is 4.80. The third-order valence-electron chi connectivity index (χ3n) is 3.22. The van der Waals surface area contributed by atoms with Crippen molar-refractivity contribution in [2.45, 2.75) is 6.10 Å². The molecule has 2 amide bonds. The minimum absolute atomic E-state index is 0.104. The zero-order chi connectivity index (χ0) is 16.2. The fourth-order valence-electron chi connectivity index (χ4n) is 2.01. The number of carbonyl (C=O) groups excluding carboxylic acids is 2. The quantitative estimate of drug-likeness (QED) is 0.719. The normalized spacial score (nSPS) is 13.4. The van der Waals surface area contributed by atoms with Crippen molar-refractivity contribution in [3.05, 3.63) is 42.4 Å². The SMILES string of the molecule is O=C(NCC(O)c1ccoc1)C(=O)Nc1ccc2c(c1)OCO2. The molecule has 0 saturated heterocycles. The Morgan fingerprint density at radius 3 is 2.78 bits per heavy atom. The third kappa shape index (κ3) is 3.43. The first kappa shape index (κ1) is 14.9. The maximum Gasteiger partial charge on any atom is 0.313 e. The molecule has 8 heteroatoms. The Morgan fingerprint density at radius 2 is 2.00 bits per heavy atom. The number of anilines is 1. The second kappa shape index (κ2) is 6.41. The van der Waals surface area contributed by atoms with Gasteiger partial charge in [-0.25, -0.2) is 0 Å². The molecule has 1 atom stereocenters. The number of benzene rings is 1. The van der Waals surface area contributed by atoms with Crippen molar-refractivity contribution in [3.63, 3.8) is 0 Å². The van der Waals surface area contributed by atoms with Crippen molar-refractivity contribution >= 4 is 17.5 Å². The summed E-state index contributed by atoms with van der Waals surface area (Å²) in [6.45, 7) is 0.0199. The van der Waals surface area contributed by atoms with Gasteiger partial charge in [0.2, 0.25) is 6.79 Å². The lowest BCUT2D eigenvalue weighted by molar-refractivity contribution is -0.136. The van der Waals surface area contributed by atoms with Gasteiger partial charge in [0.1, 0.15) is 0 Å². The van der Waals surface area contributed by atoms with Crippen LogP contribution in [0.2, 0.25) is 0 Å². The van der Waals surface area contributed by atoms with Crippen molar-refractivity contribution in [1.29, 1.82) is 0 Å². The largest absolute Gasteiger partial charge is 0.472 e. The van der Waals surface area contributed by atoms with Crippen molar-refractivity contribution in [3.8, 4) is 11.5 Å². The van der Waals surface area contributed by atoms with E-state index in [4.69, 9.17) is 13.9 Å². The number of aliphatic hydroxyl groups excluding tert-OH is 1. The first-order valence-corrected chi connectivity index (χ1v) is 6.82. The van der Waals surface area contributed by atoms with E-state index in [9.17, 15) is 14.7 Å². The summed E-state index contributed by atoms with van der Waals surface area (Å²) >= 11 is 0. The van der Waals surface area contributed by atoms with Gasteiger partial charge in [0.05, 0.1) is 18.6 Å². The first-order chi connectivity index (χ1) is 11.1. The Kier molecular flexibility index (Phi) is 4.15. The van der Waals surface area contributed by atoms with E-state index in [0.29, 0.717) is 22.7 Å². The van der Waals surface area contributed by atoms with Crippen LogP contribution in [0.5, 0.6) is 11.5 Å². The molecular weight excluding hydrogens is 304 g/mol. The number of amides is 2. The van der Waals surface area contributed by atoms with Crippen LogP contribution in [-0.4, -0.2) is 30.3 Å². The van der Waals surface area contributed by atoms with E-state index in [1.807, 2.05) is 0 Å². The molecule has 0 fully saturated rings. The minimum Gasteiger partial charge on any atom is -0.472 e. The van der Waals surface area contributed by atoms with Crippen molar-refractivity contribution in [1.82, 2.24) is 5.32 Å². The second-order valence-corrected chi connectivity index (χ2v) is 4.80. The van der Waals surface area contributed by atoms with Crippen LogP contribution in [0.25, 0.3) is 0 Å². The van der Waals surface area contributed by atoms with Gasteiger partial charge in [-0.3, -0.25) is 9.59 Å². The lowest BCUT2D eigenvalue weighted by atomic mass is 10.2. The maximum atomic E-state index is 11.8. The maximum absolute atomic E-state index is 11.8. The average Bonchev–Trinajstić information content (AvgIpc) is 3.22. The molecule has 3 N–H and O–H groups in total. The topological polar surface area (TPSA) is 110 Å². The smallest absolute Gasteiger partial charge is 0.313 e. The Hall–Kier alpha value is -3.00. The van der Waals surface area contributed by atoms with Crippen molar-refractivity contribution < 1.29 is 28.6 Å². The van der Waals surface area contributed by atoms with Crippen LogP contribution >= 0.6 is 0 Å². The summed E-state index contributed by atoms with van der Waals surface area (Å²) in [4.78, 5) is 23.6. The summed E-state index contributed by atoms with van der Waals surface area (Å²) in [7, 11) is 0. The molecule has 0 spiro atoms. The molecule has 0 aliphatic carbocycles. The van der Waals surface area contributed by atoms with Gasteiger partial charge in [0.25, 0.3) is 0 Å². The molecule has 23 heavy (non-hydrogen) atoms. The van der Waals surface area contributed by atoms with Gasteiger partial charge in [-0.2, -0.15) is 0 Å². The Morgan fingerprint density at radius 1 is 1.17 bits per heavy atom. The fourth-order valence-corrected chi connectivity index (χ4v) is 2.01. The molecule has 120 valence electrons. The number of hydrogen-bond donors (Lipinski definition) is 3. The Labute approximate surface area is 131 Å². The van der Waals surface area contributed by atoms with Gasteiger partial charge < -0.3 is 29.6 Å². The van der Waals surface area contributed by atoms with Crippen molar-refractivity contribution in [2.75, 3.05) is 18.7 Å². The van der Waals surface area contributed by atoms with Gasteiger partial charge in [0.15, 0.2) is 11.5 Å². The molecule has 2 heterocycles. The number of aliphatic hydroxyl groups is 1. The van der Waals surface area contributed by atoms with Gasteiger partial charge in [-0.05, 0) is 18.2 Å². The summed E-state index contributed by atoms with van der Waals surface area (Å²) in [5.41, 5.74) is 0.922. The lowest BCUT2D eigenvalue weighted by Gasteiger charge is -2.10. The van der Waals surface area contributed by atoms with E-state index in [2.05, 4.69) is 10.6 Å². The number of carbonyl (C=O) groups is 2. The van der Waals surface area contributed by atoms with Crippen LogP contribution in [0.3, 0.4) is 0 Å². The fraction of sp³-hybridized carbons (Fsp3) is 0.200. The molecule has 1 aromatic heterocycles. The molecule has 2 aromatic rings. The number of hydrogen-bond acceptors (Lipinski definition) is 6. The highest BCUT2D eigenvalue weighted by Gasteiger charge is 2.18. The lowest BCUT2D eigenvalue weighted by Crippen LogP contribution is -2.37. The summed E-state index contributed by atoms with van der Waals surface area (Å²) in [6.07, 6.45) is 1.83. The zero-order valence-corrected chi connectivity index (χ0v) is 11.9. The summed E-state index contributed by atoms with van der Waals surface area (Å²) in [6, 6.07) is 6.37. The third-order valence-corrected chi connectivity index (χ3v) is 3.22. The number of furan rings is 1. The van der Waals surface area contributed by atoms with Gasteiger partial charge in [0, 0.05) is 23.9 Å². The number of ether oxygens (including phenoxy) is 2. The van der Waals surface area contributed by atoms with Crippen LogP contribution in [-0.2, 0) is 9.59 Å². The predicted octanol–water partition coefficient (Wildman–Crippen LogP) is 0.797. The Balaban J connectivity index is 1.52. The summed E-state index contributed by atoms with van der Waals surface area (Å²) in [5.74, 6) is -0.622. The highest BCUT2D eigenvalue weighted by Crippen LogP contribution is 2.34. The monoisotopic (exact) mass is 318 g/mol. The van der Waals surface area contributed by atoms with E-state index in [1.165, 1.54) is 12.5 Å². The minimum atomic E-state index is -0.948. The molecule has 1 unspecified atom stereocenters. The molecule has 1 aromatic carbocycles. The van der Waals surface area contributed by atoms with Crippen molar-refractivity contribution in [2.24, 2.45) is 0 Å². The zero-order valence-electron chi connectivity index (χ0n) is 11.9. The number of nitrogens with one attached hydrogen (secondary N) is 2. The van der Waals surface area contributed by atoms with Crippen LogP contribution < -0.4 is 20.1 Å².